The van der Waals surface area contributed by atoms with Crippen molar-refractivity contribution in [1.82, 2.24) is 9.97 Å². The van der Waals surface area contributed by atoms with Gasteiger partial charge in [-0.15, -0.1) is 0 Å². The van der Waals surface area contributed by atoms with Crippen molar-refractivity contribution in [3.8, 4) is 11.5 Å². The molecule has 4 heteroatoms. The summed E-state index contributed by atoms with van der Waals surface area (Å²) < 4.78 is 5.60. The van der Waals surface area contributed by atoms with Crippen molar-refractivity contribution in [1.29, 1.82) is 0 Å². The van der Waals surface area contributed by atoms with Crippen molar-refractivity contribution in [2.24, 2.45) is 5.73 Å². The molecule has 88 valence electrons. The highest BCUT2D eigenvalue weighted by atomic mass is 16.5. The van der Waals surface area contributed by atoms with E-state index in [9.17, 15) is 0 Å². The molecule has 2 rings (SSSR count). The van der Waals surface area contributed by atoms with E-state index in [1.165, 1.54) is 0 Å². The summed E-state index contributed by atoms with van der Waals surface area (Å²) in [6.45, 7) is 3.83. The SMILES string of the molecule is Cc1ccc(Oc2ccc(C(C)N)nc2)cn1. The minimum absolute atomic E-state index is 0.0647. The molecule has 0 saturated carbocycles. The lowest BCUT2D eigenvalue weighted by atomic mass is 10.2. The van der Waals surface area contributed by atoms with Crippen LogP contribution in [0.1, 0.15) is 24.4 Å². The number of hydrogen-bond acceptors (Lipinski definition) is 4. The Balaban J connectivity index is 2.11. The average molecular weight is 229 g/mol. The van der Waals surface area contributed by atoms with Gasteiger partial charge in [-0.25, -0.2) is 0 Å². The predicted octanol–water partition coefficient (Wildman–Crippen LogP) is 2.60. The Morgan fingerprint density at radius 3 is 2.18 bits per heavy atom. The quantitative estimate of drug-likeness (QED) is 0.878. The summed E-state index contributed by atoms with van der Waals surface area (Å²) in [7, 11) is 0. The number of aryl methyl sites for hydroxylation is 1. The van der Waals surface area contributed by atoms with E-state index in [-0.39, 0.29) is 6.04 Å². The second kappa shape index (κ2) is 4.93. The second-order valence-electron chi connectivity index (χ2n) is 3.94. The molecule has 2 aromatic rings. The molecule has 4 nitrogen and oxygen atoms in total. The van der Waals surface area contributed by atoms with E-state index in [0.717, 1.165) is 11.4 Å². The van der Waals surface area contributed by atoms with E-state index in [4.69, 9.17) is 10.5 Å². The monoisotopic (exact) mass is 229 g/mol. The van der Waals surface area contributed by atoms with Gasteiger partial charge in [0.1, 0.15) is 11.5 Å². The molecule has 1 atom stereocenters. The van der Waals surface area contributed by atoms with E-state index >= 15 is 0 Å². The van der Waals surface area contributed by atoms with Crippen molar-refractivity contribution < 1.29 is 4.74 Å². The maximum atomic E-state index is 5.72. The number of pyridine rings is 2. The highest BCUT2D eigenvalue weighted by Crippen LogP contribution is 2.20. The first-order valence-corrected chi connectivity index (χ1v) is 5.47. The molecule has 0 aliphatic heterocycles. The van der Waals surface area contributed by atoms with Gasteiger partial charge in [0, 0.05) is 11.7 Å². The number of nitrogens with two attached hydrogens (primary N) is 1. The molecule has 0 radical (unpaired) electrons. The molecule has 2 heterocycles. The third-order valence-electron chi connectivity index (χ3n) is 2.35. The van der Waals surface area contributed by atoms with Crippen LogP contribution in [0.2, 0.25) is 0 Å². The number of nitrogens with zero attached hydrogens (tertiary/aromatic N) is 2. The van der Waals surface area contributed by atoms with E-state index in [2.05, 4.69) is 9.97 Å². The molecule has 0 aromatic carbocycles. The second-order valence-corrected chi connectivity index (χ2v) is 3.94. The molecular formula is C13H15N3O. The zero-order chi connectivity index (χ0) is 12.3. The minimum Gasteiger partial charge on any atom is -0.454 e. The van der Waals surface area contributed by atoms with Gasteiger partial charge >= 0.3 is 0 Å². The van der Waals surface area contributed by atoms with Crippen LogP contribution in [0.5, 0.6) is 11.5 Å². The van der Waals surface area contributed by atoms with Gasteiger partial charge in [0.15, 0.2) is 0 Å². The molecule has 0 bridgehead atoms. The molecule has 0 aliphatic rings. The maximum absolute atomic E-state index is 5.72. The standard InChI is InChI=1S/C13H15N3O/c1-9-3-4-11(7-15-9)17-12-5-6-13(10(2)14)16-8-12/h3-8,10H,14H2,1-2H3. The summed E-state index contributed by atoms with van der Waals surface area (Å²) in [6.07, 6.45) is 3.35. The topological polar surface area (TPSA) is 61.0 Å². The van der Waals surface area contributed by atoms with Crippen molar-refractivity contribution in [3.05, 3.63) is 48.0 Å². The fourth-order valence-corrected chi connectivity index (χ4v) is 1.37. The Kier molecular flexibility index (Phi) is 3.35. The molecule has 2 aromatic heterocycles. The van der Waals surface area contributed by atoms with E-state index in [1.807, 2.05) is 38.1 Å². The van der Waals surface area contributed by atoms with Gasteiger partial charge in [0.2, 0.25) is 0 Å². The number of ether oxygens (including phenoxy) is 1. The molecule has 17 heavy (non-hydrogen) atoms. The summed E-state index contributed by atoms with van der Waals surface area (Å²) in [5.41, 5.74) is 7.53. The molecular weight excluding hydrogens is 214 g/mol. The fourth-order valence-electron chi connectivity index (χ4n) is 1.37. The molecule has 0 amide bonds. The van der Waals surface area contributed by atoms with Crippen molar-refractivity contribution in [3.63, 3.8) is 0 Å². The Labute approximate surface area is 100 Å². The van der Waals surface area contributed by atoms with Gasteiger partial charge in [0.25, 0.3) is 0 Å². The first-order chi connectivity index (χ1) is 8.15. The molecule has 0 fully saturated rings. The van der Waals surface area contributed by atoms with Crippen molar-refractivity contribution >= 4 is 0 Å². The van der Waals surface area contributed by atoms with Crippen molar-refractivity contribution in [2.75, 3.05) is 0 Å². The number of aromatic nitrogens is 2. The van der Waals surface area contributed by atoms with Gasteiger partial charge in [-0.3, -0.25) is 9.97 Å². The molecule has 0 aliphatic carbocycles. The normalized spacial score (nSPS) is 12.2. The highest BCUT2D eigenvalue weighted by molar-refractivity contribution is 5.28. The average Bonchev–Trinajstić information content (AvgIpc) is 2.33. The fraction of sp³-hybridized carbons (Fsp3) is 0.231. The summed E-state index contributed by atoms with van der Waals surface area (Å²) in [4.78, 5) is 8.38. The summed E-state index contributed by atoms with van der Waals surface area (Å²) in [5, 5.41) is 0. The minimum atomic E-state index is -0.0647. The Bertz CT molecular complexity index is 477. The van der Waals surface area contributed by atoms with Gasteiger partial charge in [-0.05, 0) is 38.1 Å². The van der Waals surface area contributed by atoms with Crippen molar-refractivity contribution in [2.45, 2.75) is 19.9 Å². The van der Waals surface area contributed by atoms with Gasteiger partial charge in [-0.1, -0.05) is 0 Å². The van der Waals surface area contributed by atoms with Crippen LogP contribution in [0.3, 0.4) is 0 Å². The van der Waals surface area contributed by atoms with Crippen LogP contribution < -0.4 is 10.5 Å². The zero-order valence-electron chi connectivity index (χ0n) is 9.92. The maximum Gasteiger partial charge on any atom is 0.145 e. The van der Waals surface area contributed by atoms with Crippen LogP contribution in [-0.4, -0.2) is 9.97 Å². The smallest absolute Gasteiger partial charge is 0.145 e. The molecule has 1 unspecified atom stereocenters. The van der Waals surface area contributed by atoms with Crippen LogP contribution >= 0.6 is 0 Å². The van der Waals surface area contributed by atoms with E-state index in [1.54, 1.807) is 12.4 Å². The highest BCUT2D eigenvalue weighted by Gasteiger charge is 2.02. The summed E-state index contributed by atoms with van der Waals surface area (Å²) >= 11 is 0. The van der Waals surface area contributed by atoms with Gasteiger partial charge in [-0.2, -0.15) is 0 Å². The first-order valence-electron chi connectivity index (χ1n) is 5.47. The summed E-state index contributed by atoms with van der Waals surface area (Å²) in [5.74, 6) is 1.38. The molecule has 2 N–H and O–H groups in total. The first kappa shape index (κ1) is 11.5. The van der Waals surface area contributed by atoms with Crippen LogP contribution in [0.25, 0.3) is 0 Å². The van der Waals surface area contributed by atoms with Crippen LogP contribution in [0.4, 0.5) is 0 Å². The van der Waals surface area contributed by atoms with Gasteiger partial charge < -0.3 is 10.5 Å². The third kappa shape index (κ3) is 3.01. The largest absolute Gasteiger partial charge is 0.454 e. The van der Waals surface area contributed by atoms with E-state index < -0.39 is 0 Å². The molecule has 0 saturated heterocycles. The van der Waals surface area contributed by atoms with Crippen LogP contribution in [-0.2, 0) is 0 Å². The number of rotatable bonds is 3. The molecule has 0 spiro atoms. The Hall–Kier alpha value is -1.94. The summed E-state index contributed by atoms with van der Waals surface area (Å²) in [6, 6.07) is 7.43. The van der Waals surface area contributed by atoms with Gasteiger partial charge in [0.05, 0.1) is 18.1 Å². The van der Waals surface area contributed by atoms with E-state index in [0.29, 0.717) is 11.5 Å². The Morgan fingerprint density at radius 2 is 1.71 bits per heavy atom. The zero-order valence-corrected chi connectivity index (χ0v) is 9.92. The Morgan fingerprint density at radius 1 is 1.06 bits per heavy atom. The lowest BCUT2D eigenvalue weighted by Gasteiger charge is -2.07. The van der Waals surface area contributed by atoms with Crippen LogP contribution in [0.15, 0.2) is 36.7 Å². The lowest BCUT2D eigenvalue weighted by Crippen LogP contribution is -2.06. The lowest BCUT2D eigenvalue weighted by molar-refractivity contribution is 0.476. The third-order valence-corrected chi connectivity index (χ3v) is 2.35. The van der Waals surface area contributed by atoms with Crippen LogP contribution in [0, 0.1) is 6.92 Å². The number of hydrogen-bond donors (Lipinski definition) is 1. The predicted molar refractivity (Wildman–Crippen MR) is 65.9 cm³/mol.